The zero-order valence-electron chi connectivity index (χ0n) is 14.0. The monoisotopic (exact) mass is 327 g/mol. The fourth-order valence-corrected chi connectivity index (χ4v) is 4.48. The number of benzene rings is 1. The third kappa shape index (κ3) is 2.93. The number of nitrogens with zero attached hydrogens (tertiary/aromatic N) is 1. The Morgan fingerprint density at radius 2 is 2.25 bits per heavy atom. The van der Waals surface area contributed by atoms with Crippen molar-refractivity contribution in [1.82, 2.24) is 15.5 Å². The van der Waals surface area contributed by atoms with E-state index in [1.54, 1.807) is 0 Å². The van der Waals surface area contributed by atoms with Crippen LogP contribution in [0.2, 0.25) is 0 Å². The molecule has 2 atom stereocenters. The van der Waals surface area contributed by atoms with Crippen molar-refractivity contribution in [3.05, 3.63) is 34.9 Å². The Hall–Kier alpha value is -1.88. The average molecular weight is 327 g/mol. The van der Waals surface area contributed by atoms with Gasteiger partial charge >= 0.3 is 0 Å². The maximum atomic E-state index is 12.6. The van der Waals surface area contributed by atoms with Crippen LogP contribution in [0.4, 0.5) is 0 Å². The van der Waals surface area contributed by atoms with E-state index < -0.39 is 0 Å². The van der Waals surface area contributed by atoms with Crippen LogP contribution in [0.1, 0.15) is 42.4 Å². The molecule has 5 heteroatoms. The van der Waals surface area contributed by atoms with Gasteiger partial charge in [-0.2, -0.15) is 0 Å². The molecule has 0 aromatic heterocycles. The minimum atomic E-state index is -0.00787. The van der Waals surface area contributed by atoms with E-state index in [0.29, 0.717) is 12.8 Å². The van der Waals surface area contributed by atoms with E-state index >= 15 is 0 Å². The summed E-state index contributed by atoms with van der Waals surface area (Å²) in [5.74, 6) is 0.250. The van der Waals surface area contributed by atoms with Gasteiger partial charge in [-0.3, -0.25) is 9.59 Å². The van der Waals surface area contributed by atoms with Crippen molar-refractivity contribution in [2.75, 3.05) is 13.1 Å². The molecule has 0 spiro atoms. The molecule has 2 unspecified atom stereocenters. The van der Waals surface area contributed by atoms with Crippen LogP contribution < -0.4 is 10.6 Å². The van der Waals surface area contributed by atoms with Crippen molar-refractivity contribution in [2.24, 2.45) is 0 Å². The lowest BCUT2D eigenvalue weighted by molar-refractivity contribution is -0.129. The minimum Gasteiger partial charge on any atom is -0.350 e. The maximum Gasteiger partial charge on any atom is 0.225 e. The summed E-state index contributed by atoms with van der Waals surface area (Å²) in [7, 11) is 0. The summed E-state index contributed by atoms with van der Waals surface area (Å²) in [5.41, 5.74) is 3.77. The molecule has 1 aromatic rings. The number of hydrogen-bond donors (Lipinski definition) is 2. The van der Waals surface area contributed by atoms with Crippen molar-refractivity contribution < 1.29 is 9.59 Å². The van der Waals surface area contributed by atoms with Gasteiger partial charge in [-0.1, -0.05) is 18.2 Å². The Kier molecular flexibility index (Phi) is 4.27. The number of fused-ring (bicyclic) bond motifs is 2. The maximum absolute atomic E-state index is 12.6. The minimum absolute atomic E-state index is 0.00787. The van der Waals surface area contributed by atoms with Crippen molar-refractivity contribution in [3.63, 3.8) is 0 Å². The topological polar surface area (TPSA) is 61.4 Å². The lowest BCUT2D eigenvalue weighted by atomic mass is 9.93. The van der Waals surface area contributed by atoms with Crippen LogP contribution >= 0.6 is 0 Å². The molecule has 2 N–H and O–H groups in total. The molecule has 24 heavy (non-hydrogen) atoms. The summed E-state index contributed by atoms with van der Waals surface area (Å²) >= 11 is 0. The third-order valence-corrected chi connectivity index (χ3v) is 5.66. The predicted octanol–water partition coefficient (Wildman–Crippen LogP) is 1.14. The Bertz CT molecular complexity index is 658. The molecule has 128 valence electrons. The van der Waals surface area contributed by atoms with Crippen molar-refractivity contribution in [3.8, 4) is 0 Å². The van der Waals surface area contributed by atoms with E-state index in [2.05, 4.69) is 22.8 Å². The number of rotatable bonds is 3. The van der Waals surface area contributed by atoms with Gasteiger partial charge in [-0.15, -0.1) is 0 Å². The van der Waals surface area contributed by atoms with E-state index in [4.69, 9.17) is 0 Å². The van der Waals surface area contributed by atoms with Crippen molar-refractivity contribution in [1.29, 1.82) is 0 Å². The van der Waals surface area contributed by atoms with Gasteiger partial charge in [0.05, 0.1) is 18.5 Å². The first-order valence-corrected chi connectivity index (χ1v) is 9.11. The lowest BCUT2D eigenvalue weighted by Crippen LogP contribution is -2.47. The Morgan fingerprint density at radius 1 is 1.33 bits per heavy atom. The van der Waals surface area contributed by atoms with Crippen LogP contribution in [0.5, 0.6) is 0 Å². The van der Waals surface area contributed by atoms with E-state index in [9.17, 15) is 9.59 Å². The third-order valence-electron chi connectivity index (χ3n) is 5.66. The highest BCUT2D eigenvalue weighted by Crippen LogP contribution is 2.28. The van der Waals surface area contributed by atoms with Gasteiger partial charge in [0, 0.05) is 19.5 Å². The summed E-state index contributed by atoms with van der Waals surface area (Å²) in [5, 5.41) is 6.52. The zero-order valence-corrected chi connectivity index (χ0v) is 14.0. The van der Waals surface area contributed by atoms with Gasteiger partial charge in [0.15, 0.2) is 0 Å². The second-order valence-corrected chi connectivity index (χ2v) is 7.19. The first kappa shape index (κ1) is 15.6. The van der Waals surface area contributed by atoms with Gasteiger partial charge in [0.1, 0.15) is 0 Å². The van der Waals surface area contributed by atoms with Crippen LogP contribution in [0, 0.1) is 0 Å². The highest BCUT2D eigenvalue weighted by molar-refractivity contribution is 5.84. The van der Waals surface area contributed by atoms with E-state index in [1.807, 2.05) is 11.0 Å². The normalized spacial score (nSPS) is 26.0. The van der Waals surface area contributed by atoms with Gasteiger partial charge in [0.2, 0.25) is 11.8 Å². The molecule has 5 nitrogen and oxygen atoms in total. The van der Waals surface area contributed by atoms with E-state index in [1.165, 1.54) is 11.1 Å². The average Bonchev–Trinajstić information content (AvgIpc) is 2.91. The highest BCUT2D eigenvalue weighted by atomic mass is 16.2. The molecule has 3 aliphatic rings. The molecular weight excluding hydrogens is 302 g/mol. The van der Waals surface area contributed by atoms with E-state index in [0.717, 1.165) is 50.9 Å². The smallest absolute Gasteiger partial charge is 0.225 e. The number of piperidine rings is 1. The summed E-state index contributed by atoms with van der Waals surface area (Å²) in [6.07, 6.45) is 5.13. The molecule has 0 saturated carbocycles. The summed E-state index contributed by atoms with van der Waals surface area (Å²) < 4.78 is 0. The molecule has 0 aliphatic carbocycles. The number of amides is 2. The summed E-state index contributed by atoms with van der Waals surface area (Å²) in [6.45, 7) is 2.72. The van der Waals surface area contributed by atoms with Crippen LogP contribution in [-0.2, 0) is 29.0 Å². The van der Waals surface area contributed by atoms with Crippen LogP contribution in [0.15, 0.2) is 18.2 Å². The standard InChI is InChI=1S/C19H25N3O2/c23-18(10-13-4-3-5-14-12-20-8-7-15(13)14)21-16-11-19(24)22-9-2-1-6-17(16)22/h3-5,16-17,20H,1-2,6-12H2,(H,21,23). The van der Waals surface area contributed by atoms with Gasteiger partial charge in [-0.25, -0.2) is 0 Å². The van der Waals surface area contributed by atoms with Crippen LogP contribution in [-0.4, -0.2) is 41.9 Å². The zero-order chi connectivity index (χ0) is 16.5. The summed E-state index contributed by atoms with van der Waals surface area (Å²) in [4.78, 5) is 26.7. The van der Waals surface area contributed by atoms with Crippen LogP contribution in [0.3, 0.4) is 0 Å². The van der Waals surface area contributed by atoms with Crippen molar-refractivity contribution >= 4 is 11.8 Å². The molecule has 3 aliphatic heterocycles. The molecule has 0 bridgehead atoms. The molecule has 0 radical (unpaired) electrons. The van der Waals surface area contributed by atoms with Gasteiger partial charge in [0.25, 0.3) is 0 Å². The number of nitrogens with one attached hydrogen (secondary N) is 2. The lowest BCUT2D eigenvalue weighted by Gasteiger charge is -2.32. The molecule has 4 rings (SSSR count). The molecule has 2 saturated heterocycles. The number of carbonyl (C=O) groups excluding carboxylic acids is 2. The quantitative estimate of drug-likeness (QED) is 0.875. The van der Waals surface area contributed by atoms with Crippen LogP contribution in [0.25, 0.3) is 0 Å². The molecule has 2 fully saturated rings. The van der Waals surface area contributed by atoms with Crippen molar-refractivity contribution in [2.45, 2.75) is 57.2 Å². The first-order chi connectivity index (χ1) is 11.7. The molecule has 1 aromatic carbocycles. The SMILES string of the molecule is O=C(Cc1cccc2c1CCNC2)NC1CC(=O)N2CCCCC12. The fraction of sp³-hybridized carbons (Fsp3) is 0.579. The fourth-order valence-electron chi connectivity index (χ4n) is 4.48. The van der Waals surface area contributed by atoms with Gasteiger partial charge < -0.3 is 15.5 Å². The largest absolute Gasteiger partial charge is 0.350 e. The van der Waals surface area contributed by atoms with E-state index in [-0.39, 0.29) is 23.9 Å². The Labute approximate surface area is 142 Å². The Balaban J connectivity index is 1.43. The Morgan fingerprint density at radius 3 is 3.17 bits per heavy atom. The second kappa shape index (κ2) is 6.55. The highest BCUT2D eigenvalue weighted by Gasteiger charge is 2.41. The molecular formula is C19H25N3O2. The number of hydrogen-bond acceptors (Lipinski definition) is 3. The first-order valence-electron chi connectivity index (χ1n) is 9.11. The summed E-state index contributed by atoms with van der Waals surface area (Å²) in [6, 6.07) is 6.45. The molecule has 2 amide bonds. The number of carbonyl (C=O) groups is 2. The predicted molar refractivity (Wildman–Crippen MR) is 91.5 cm³/mol. The van der Waals surface area contributed by atoms with Gasteiger partial charge in [-0.05, 0) is 48.9 Å². The molecule has 3 heterocycles. The second-order valence-electron chi connectivity index (χ2n) is 7.19.